The lowest BCUT2D eigenvalue weighted by Gasteiger charge is -2.44. The van der Waals surface area contributed by atoms with E-state index >= 15 is 0 Å². The standard InChI is InChI=1S/C27H22Cl2N4O4S/c1-32-25(36)33(21-9-19(28)8-20(29)10-21)24(35)27(32)15-31-14-26(27,18-5-3-16(12-30)4-6-18)11-22-7-17(13-38-22)23(34)37-2/h3-10,13,31H,11,14-15H2,1-2H3/t26-,27-/m0/s1. The van der Waals surface area contributed by atoms with Crippen molar-refractivity contribution in [2.75, 3.05) is 32.1 Å². The van der Waals surface area contributed by atoms with Crippen molar-refractivity contribution >= 4 is 58.1 Å². The average Bonchev–Trinajstić information content (AvgIpc) is 3.57. The Morgan fingerprint density at radius 2 is 1.82 bits per heavy atom. The average molecular weight is 569 g/mol. The van der Waals surface area contributed by atoms with Crippen molar-refractivity contribution in [3.63, 3.8) is 0 Å². The third-order valence-electron chi connectivity index (χ3n) is 7.43. The van der Waals surface area contributed by atoms with Crippen LogP contribution in [-0.2, 0) is 21.4 Å². The number of amides is 3. The van der Waals surface area contributed by atoms with Crippen LogP contribution < -0.4 is 10.2 Å². The molecule has 0 aliphatic carbocycles. The predicted octanol–water partition coefficient (Wildman–Crippen LogP) is 4.63. The molecule has 2 aromatic carbocycles. The van der Waals surface area contributed by atoms with Crippen LogP contribution in [0.4, 0.5) is 10.5 Å². The molecule has 0 saturated carbocycles. The number of methoxy groups -OCH3 is 1. The molecule has 5 rings (SSSR count). The van der Waals surface area contributed by atoms with Crippen molar-refractivity contribution in [3.05, 3.63) is 85.5 Å². The van der Waals surface area contributed by atoms with E-state index in [2.05, 4.69) is 11.4 Å². The van der Waals surface area contributed by atoms with Gasteiger partial charge in [-0.3, -0.25) is 4.79 Å². The van der Waals surface area contributed by atoms with Gasteiger partial charge in [-0.05, 0) is 48.4 Å². The Balaban J connectivity index is 1.68. The normalized spacial score (nSPS) is 22.8. The molecule has 3 heterocycles. The number of thiophene rings is 1. The van der Waals surface area contributed by atoms with E-state index < -0.39 is 28.9 Å². The number of nitrogens with zero attached hydrogens (tertiary/aromatic N) is 3. The van der Waals surface area contributed by atoms with Crippen LogP contribution in [0.2, 0.25) is 10.0 Å². The number of imide groups is 1. The van der Waals surface area contributed by atoms with Crippen LogP contribution in [0.3, 0.4) is 0 Å². The lowest BCUT2D eigenvalue weighted by molar-refractivity contribution is -0.126. The molecule has 0 radical (unpaired) electrons. The molecule has 2 aliphatic heterocycles. The Hall–Kier alpha value is -3.42. The summed E-state index contributed by atoms with van der Waals surface area (Å²) in [6, 6.07) is 15.0. The highest BCUT2D eigenvalue weighted by Gasteiger charge is 2.69. The van der Waals surface area contributed by atoms with Gasteiger partial charge in [0, 0.05) is 45.9 Å². The van der Waals surface area contributed by atoms with E-state index in [1.807, 2.05) is 12.1 Å². The second kappa shape index (κ2) is 9.71. The molecule has 1 aromatic heterocycles. The monoisotopic (exact) mass is 568 g/mol. The Bertz CT molecular complexity index is 1480. The molecular formula is C27H22Cl2N4O4S. The van der Waals surface area contributed by atoms with Gasteiger partial charge in [-0.15, -0.1) is 11.3 Å². The van der Waals surface area contributed by atoms with Gasteiger partial charge in [-0.1, -0.05) is 35.3 Å². The SMILES string of the molecule is COC(=O)c1csc(C[C@@]2(c3ccc(C#N)cc3)CNC[C@]23C(=O)N(c2cc(Cl)cc(Cl)c2)C(=O)N3C)c1. The lowest BCUT2D eigenvalue weighted by atomic mass is 9.64. The summed E-state index contributed by atoms with van der Waals surface area (Å²) in [6.07, 6.45) is 0.348. The number of carbonyl (C=O) groups excluding carboxylic acids is 3. The first-order chi connectivity index (χ1) is 18.2. The number of hydrogen-bond acceptors (Lipinski definition) is 7. The number of halogens is 2. The van der Waals surface area contributed by atoms with Gasteiger partial charge in [0.25, 0.3) is 5.91 Å². The Morgan fingerprint density at radius 1 is 1.13 bits per heavy atom. The van der Waals surface area contributed by atoms with Gasteiger partial charge >= 0.3 is 12.0 Å². The van der Waals surface area contributed by atoms with Gasteiger partial charge < -0.3 is 15.0 Å². The molecule has 2 atom stereocenters. The molecule has 38 heavy (non-hydrogen) atoms. The fourth-order valence-electron chi connectivity index (χ4n) is 5.63. The zero-order chi connectivity index (χ0) is 27.2. The van der Waals surface area contributed by atoms with E-state index in [-0.39, 0.29) is 12.2 Å². The number of hydrogen-bond donors (Lipinski definition) is 1. The lowest BCUT2D eigenvalue weighted by Crippen LogP contribution is -2.63. The first kappa shape index (κ1) is 26.2. The second-order valence-electron chi connectivity index (χ2n) is 9.31. The van der Waals surface area contributed by atoms with Crippen LogP contribution in [0.25, 0.3) is 0 Å². The van der Waals surface area contributed by atoms with Crippen LogP contribution in [0.15, 0.2) is 53.9 Å². The highest BCUT2D eigenvalue weighted by Crippen LogP contribution is 2.50. The topological polar surface area (TPSA) is 103 Å². The number of rotatable bonds is 5. The van der Waals surface area contributed by atoms with Crippen molar-refractivity contribution in [3.8, 4) is 6.07 Å². The molecule has 3 amide bonds. The third kappa shape index (κ3) is 3.87. The summed E-state index contributed by atoms with van der Waals surface area (Å²) < 4.78 is 4.87. The molecule has 8 nitrogen and oxygen atoms in total. The quantitative estimate of drug-likeness (QED) is 0.355. The first-order valence-corrected chi connectivity index (χ1v) is 13.3. The molecule has 2 aliphatic rings. The Kier molecular flexibility index (Phi) is 6.70. The van der Waals surface area contributed by atoms with E-state index in [1.165, 1.54) is 41.5 Å². The van der Waals surface area contributed by atoms with E-state index in [0.717, 1.165) is 15.3 Å². The number of ether oxygens (including phenoxy) is 1. The molecule has 3 aromatic rings. The molecule has 0 bridgehead atoms. The molecule has 2 fully saturated rings. The van der Waals surface area contributed by atoms with Crippen molar-refractivity contribution in [2.24, 2.45) is 0 Å². The maximum atomic E-state index is 14.4. The second-order valence-corrected chi connectivity index (χ2v) is 11.2. The van der Waals surface area contributed by atoms with E-state index in [1.54, 1.807) is 30.6 Å². The van der Waals surface area contributed by atoms with Crippen LogP contribution in [0, 0.1) is 11.3 Å². The number of carbonyl (C=O) groups is 3. The number of urea groups is 1. The number of nitriles is 1. The molecule has 11 heteroatoms. The Labute approximate surface area is 233 Å². The highest BCUT2D eigenvalue weighted by molar-refractivity contribution is 7.10. The maximum absolute atomic E-state index is 14.4. The summed E-state index contributed by atoms with van der Waals surface area (Å²) in [4.78, 5) is 43.8. The van der Waals surface area contributed by atoms with E-state index in [0.29, 0.717) is 34.1 Å². The summed E-state index contributed by atoms with van der Waals surface area (Å²) in [5.74, 6) is -0.866. The highest BCUT2D eigenvalue weighted by atomic mass is 35.5. The van der Waals surface area contributed by atoms with Crippen LogP contribution >= 0.6 is 34.5 Å². The molecule has 194 valence electrons. The third-order valence-corrected chi connectivity index (χ3v) is 8.80. The number of likely N-dealkylation sites (N-methyl/N-ethyl adjacent to an activating group) is 1. The fraction of sp³-hybridized carbons (Fsp3) is 0.259. The summed E-state index contributed by atoms with van der Waals surface area (Å²) in [5.41, 5.74) is -0.287. The van der Waals surface area contributed by atoms with Gasteiger partial charge in [0.05, 0.1) is 30.0 Å². The molecule has 2 saturated heterocycles. The van der Waals surface area contributed by atoms with E-state index in [9.17, 15) is 19.6 Å². The largest absolute Gasteiger partial charge is 0.465 e. The van der Waals surface area contributed by atoms with Gasteiger partial charge in [-0.2, -0.15) is 5.26 Å². The minimum absolute atomic E-state index is 0.202. The zero-order valence-electron chi connectivity index (χ0n) is 20.5. The van der Waals surface area contributed by atoms with E-state index in [4.69, 9.17) is 27.9 Å². The van der Waals surface area contributed by atoms with Crippen molar-refractivity contribution < 1.29 is 19.1 Å². The predicted molar refractivity (Wildman–Crippen MR) is 145 cm³/mol. The summed E-state index contributed by atoms with van der Waals surface area (Å²) in [7, 11) is 2.94. The number of esters is 1. The fourth-order valence-corrected chi connectivity index (χ4v) is 7.11. The van der Waals surface area contributed by atoms with Crippen LogP contribution in [0.1, 0.15) is 26.4 Å². The van der Waals surface area contributed by atoms with Crippen LogP contribution in [0.5, 0.6) is 0 Å². The van der Waals surface area contributed by atoms with Gasteiger partial charge in [0.15, 0.2) is 0 Å². The molecule has 1 spiro atoms. The maximum Gasteiger partial charge on any atom is 0.338 e. The summed E-state index contributed by atoms with van der Waals surface area (Å²) in [5, 5.41) is 15.0. The van der Waals surface area contributed by atoms with Gasteiger partial charge in [0.2, 0.25) is 0 Å². The van der Waals surface area contributed by atoms with Gasteiger partial charge in [0.1, 0.15) is 5.54 Å². The first-order valence-electron chi connectivity index (χ1n) is 11.6. The van der Waals surface area contributed by atoms with Crippen molar-refractivity contribution in [2.45, 2.75) is 17.4 Å². The van der Waals surface area contributed by atoms with Crippen molar-refractivity contribution in [1.82, 2.24) is 10.2 Å². The number of nitrogens with one attached hydrogen (secondary N) is 1. The zero-order valence-corrected chi connectivity index (χ0v) is 22.8. The summed E-state index contributed by atoms with van der Waals surface area (Å²) in [6.45, 7) is 0.575. The Morgan fingerprint density at radius 3 is 2.45 bits per heavy atom. The summed E-state index contributed by atoms with van der Waals surface area (Å²) >= 11 is 13.8. The minimum Gasteiger partial charge on any atom is -0.465 e. The van der Waals surface area contributed by atoms with Gasteiger partial charge in [-0.25, -0.2) is 14.5 Å². The number of anilines is 1. The molecule has 1 N–H and O–H groups in total. The number of benzene rings is 2. The molecular weight excluding hydrogens is 547 g/mol. The van der Waals surface area contributed by atoms with Crippen molar-refractivity contribution in [1.29, 1.82) is 5.26 Å². The molecule has 0 unspecified atom stereocenters. The van der Waals surface area contributed by atoms with Crippen LogP contribution in [-0.4, -0.2) is 55.6 Å². The minimum atomic E-state index is -1.32. The smallest absolute Gasteiger partial charge is 0.338 e.